The maximum Gasteiger partial charge on any atom is 0.229 e. The Bertz CT molecular complexity index is 1090. The standard InChI is InChI=1S/C26H33N5O4/c1-18(33)29-24-16-19(10-12-28-24)15-22(31(27)20-7-5-4-6-8-20)21-9-11-26(2,17-23(21)34)25(35)30(3)13-14-32/h4-10,12,15-16,24,28,32H,11,13-14,17,27H2,1-3H3,(H,29,33)/b22-15-. The summed E-state index contributed by atoms with van der Waals surface area (Å²) in [4.78, 5) is 39.3. The van der Waals surface area contributed by atoms with Gasteiger partial charge in [0.05, 0.1) is 23.4 Å². The van der Waals surface area contributed by atoms with Crippen molar-refractivity contribution in [3.05, 3.63) is 77.7 Å². The molecule has 9 nitrogen and oxygen atoms in total. The molecule has 186 valence electrons. The second-order valence-electron chi connectivity index (χ2n) is 9.01. The molecule has 0 aromatic heterocycles. The first-order valence-electron chi connectivity index (χ1n) is 11.5. The fourth-order valence-corrected chi connectivity index (χ4v) is 4.19. The van der Waals surface area contributed by atoms with Crippen LogP contribution in [0.15, 0.2) is 77.7 Å². The number of carbonyl (C=O) groups excluding carboxylic acids is 3. The van der Waals surface area contributed by atoms with Crippen LogP contribution in [0.4, 0.5) is 5.69 Å². The average molecular weight is 480 g/mol. The number of Topliss-reactive ketones (excluding diaryl/α,β-unsaturated/α-hetero) is 1. The Hall–Kier alpha value is -3.69. The smallest absolute Gasteiger partial charge is 0.229 e. The molecule has 9 heteroatoms. The lowest BCUT2D eigenvalue weighted by Crippen LogP contribution is -2.44. The summed E-state index contributed by atoms with van der Waals surface area (Å²) >= 11 is 0. The van der Waals surface area contributed by atoms with Crippen LogP contribution >= 0.6 is 0 Å². The third-order valence-electron chi connectivity index (χ3n) is 6.05. The predicted molar refractivity (Wildman–Crippen MR) is 134 cm³/mol. The van der Waals surface area contributed by atoms with E-state index in [-0.39, 0.29) is 37.2 Å². The fourth-order valence-electron chi connectivity index (χ4n) is 4.19. The number of nitrogens with two attached hydrogens (primary N) is 1. The van der Waals surface area contributed by atoms with Gasteiger partial charge in [-0.2, -0.15) is 0 Å². The van der Waals surface area contributed by atoms with Crippen molar-refractivity contribution < 1.29 is 19.5 Å². The highest BCUT2D eigenvalue weighted by Gasteiger charge is 2.41. The first kappa shape index (κ1) is 25.9. The molecule has 5 N–H and O–H groups in total. The predicted octanol–water partition coefficient (Wildman–Crippen LogP) is 1.50. The minimum absolute atomic E-state index is 0.0262. The minimum Gasteiger partial charge on any atom is -0.395 e. The Morgan fingerprint density at radius 1 is 1.31 bits per heavy atom. The lowest BCUT2D eigenvalue weighted by Gasteiger charge is -2.35. The summed E-state index contributed by atoms with van der Waals surface area (Å²) in [5.41, 5.74) is 1.46. The van der Waals surface area contributed by atoms with Crippen LogP contribution in [0, 0.1) is 5.41 Å². The number of anilines is 1. The highest BCUT2D eigenvalue weighted by Crippen LogP contribution is 2.38. The molecule has 35 heavy (non-hydrogen) atoms. The summed E-state index contributed by atoms with van der Waals surface area (Å²) in [5, 5.41) is 16.5. The summed E-state index contributed by atoms with van der Waals surface area (Å²) in [6, 6.07) is 9.26. The fraction of sp³-hybridized carbons (Fsp3) is 0.346. The maximum absolute atomic E-state index is 13.4. The van der Waals surface area contributed by atoms with Gasteiger partial charge in [-0.05, 0) is 48.6 Å². The zero-order valence-corrected chi connectivity index (χ0v) is 20.3. The molecule has 2 aliphatic rings. The first-order valence-corrected chi connectivity index (χ1v) is 11.5. The Kier molecular flexibility index (Phi) is 8.26. The second-order valence-corrected chi connectivity index (χ2v) is 9.01. The van der Waals surface area contributed by atoms with Gasteiger partial charge >= 0.3 is 0 Å². The number of dihydropyridines is 1. The third kappa shape index (κ3) is 6.26. The minimum atomic E-state index is -0.897. The zero-order chi connectivity index (χ0) is 25.6. The molecule has 1 aromatic carbocycles. The number of carbonyl (C=O) groups is 3. The van der Waals surface area contributed by atoms with E-state index >= 15 is 0 Å². The van der Waals surface area contributed by atoms with Crippen LogP contribution in [0.2, 0.25) is 0 Å². The molecule has 2 amide bonds. The van der Waals surface area contributed by atoms with Gasteiger partial charge in [0.2, 0.25) is 11.8 Å². The lowest BCUT2D eigenvalue weighted by molar-refractivity contribution is -0.143. The molecular formula is C26H33N5O4. The van der Waals surface area contributed by atoms with Crippen molar-refractivity contribution in [1.82, 2.24) is 15.5 Å². The Morgan fingerprint density at radius 3 is 2.66 bits per heavy atom. The highest BCUT2D eigenvalue weighted by atomic mass is 16.3. The molecule has 0 fully saturated rings. The van der Waals surface area contributed by atoms with Crippen LogP contribution in [0.3, 0.4) is 0 Å². The number of aliphatic hydroxyl groups excluding tert-OH is 1. The number of hydrogen-bond acceptors (Lipinski definition) is 7. The number of likely N-dealkylation sites (N-methyl/N-ethyl adjacent to an activating group) is 1. The number of nitrogens with zero attached hydrogens (tertiary/aromatic N) is 2. The van der Waals surface area contributed by atoms with Gasteiger partial charge in [0.25, 0.3) is 0 Å². The van der Waals surface area contributed by atoms with E-state index in [0.29, 0.717) is 23.4 Å². The van der Waals surface area contributed by atoms with Gasteiger partial charge in [-0.15, -0.1) is 0 Å². The number of nitrogens with one attached hydrogen (secondary N) is 2. The molecule has 3 rings (SSSR count). The largest absolute Gasteiger partial charge is 0.395 e. The van der Waals surface area contributed by atoms with Crippen LogP contribution in [0.5, 0.6) is 0 Å². The summed E-state index contributed by atoms with van der Waals surface area (Å²) in [6.45, 7) is 3.27. The third-order valence-corrected chi connectivity index (χ3v) is 6.05. The molecule has 1 aliphatic heterocycles. The zero-order valence-electron chi connectivity index (χ0n) is 20.3. The van der Waals surface area contributed by atoms with E-state index in [1.807, 2.05) is 42.5 Å². The van der Waals surface area contributed by atoms with Gasteiger partial charge in [0.1, 0.15) is 6.17 Å². The summed E-state index contributed by atoms with van der Waals surface area (Å²) in [5.74, 6) is 5.95. The average Bonchev–Trinajstić information content (AvgIpc) is 2.82. The quantitative estimate of drug-likeness (QED) is 0.329. The van der Waals surface area contributed by atoms with Gasteiger partial charge in [-0.25, -0.2) is 5.84 Å². The SMILES string of the molecule is CC(=O)NC1C=C(/C=C(/C2=CCC(C)(C(=O)N(C)CCO)CC2=O)N(N)c2ccccc2)C=CN1. The van der Waals surface area contributed by atoms with Crippen molar-refractivity contribution >= 4 is 23.3 Å². The van der Waals surface area contributed by atoms with Crippen molar-refractivity contribution in [2.45, 2.75) is 32.9 Å². The number of allylic oxidation sites excluding steroid dienone is 5. The number of para-hydroxylation sites is 1. The topological polar surface area (TPSA) is 128 Å². The van der Waals surface area contributed by atoms with E-state index in [4.69, 9.17) is 5.84 Å². The van der Waals surface area contributed by atoms with Crippen molar-refractivity contribution in [2.24, 2.45) is 11.3 Å². The van der Waals surface area contributed by atoms with Gasteiger partial charge < -0.3 is 20.6 Å². The van der Waals surface area contributed by atoms with Crippen LogP contribution < -0.4 is 21.5 Å². The van der Waals surface area contributed by atoms with E-state index in [9.17, 15) is 19.5 Å². The second kappa shape index (κ2) is 11.2. The number of ketones is 1. The highest BCUT2D eigenvalue weighted by molar-refractivity contribution is 6.04. The molecule has 1 aromatic rings. The number of amides is 2. The number of aliphatic hydroxyl groups is 1. The molecular weight excluding hydrogens is 446 g/mol. The van der Waals surface area contributed by atoms with Gasteiger partial charge in [-0.3, -0.25) is 19.4 Å². The Balaban J connectivity index is 1.99. The van der Waals surface area contributed by atoms with Gasteiger partial charge in [0.15, 0.2) is 5.78 Å². The van der Waals surface area contributed by atoms with E-state index in [1.165, 1.54) is 16.8 Å². The van der Waals surface area contributed by atoms with E-state index in [1.54, 1.807) is 32.3 Å². The number of hydrogen-bond donors (Lipinski definition) is 4. The first-order chi connectivity index (χ1) is 16.6. The van der Waals surface area contributed by atoms with Crippen LogP contribution in [-0.2, 0) is 14.4 Å². The molecule has 0 saturated heterocycles. The molecule has 0 bridgehead atoms. The molecule has 0 saturated carbocycles. The molecule has 0 radical (unpaired) electrons. The van der Waals surface area contributed by atoms with Crippen LogP contribution in [0.1, 0.15) is 26.7 Å². The summed E-state index contributed by atoms with van der Waals surface area (Å²) in [7, 11) is 1.62. The number of rotatable bonds is 8. The maximum atomic E-state index is 13.4. The van der Waals surface area contributed by atoms with E-state index < -0.39 is 11.6 Å². The van der Waals surface area contributed by atoms with Crippen molar-refractivity contribution in [2.75, 3.05) is 25.2 Å². The van der Waals surface area contributed by atoms with Crippen LogP contribution in [0.25, 0.3) is 0 Å². The molecule has 1 heterocycles. The normalized spacial score (nSPS) is 22.0. The monoisotopic (exact) mass is 479 g/mol. The molecule has 2 unspecified atom stereocenters. The molecule has 1 aliphatic carbocycles. The van der Waals surface area contributed by atoms with Crippen molar-refractivity contribution in [3.63, 3.8) is 0 Å². The van der Waals surface area contributed by atoms with Gasteiger partial charge in [0, 0.05) is 32.5 Å². The number of hydrazine groups is 1. The molecule has 2 atom stereocenters. The Morgan fingerprint density at radius 2 is 2.03 bits per heavy atom. The summed E-state index contributed by atoms with van der Waals surface area (Å²) in [6.07, 6.45) is 8.91. The lowest BCUT2D eigenvalue weighted by atomic mass is 9.74. The summed E-state index contributed by atoms with van der Waals surface area (Å²) < 4.78 is 0. The molecule has 0 spiro atoms. The van der Waals surface area contributed by atoms with E-state index in [0.717, 1.165) is 5.57 Å². The Labute approximate surface area is 205 Å². The van der Waals surface area contributed by atoms with Gasteiger partial charge in [-0.1, -0.05) is 31.2 Å². The van der Waals surface area contributed by atoms with Crippen molar-refractivity contribution in [1.29, 1.82) is 0 Å². The van der Waals surface area contributed by atoms with E-state index in [2.05, 4.69) is 10.6 Å². The van der Waals surface area contributed by atoms with Crippen molar-refractivity contribution in [3.8, 4) is 0 Å². The van der Waals surface area contributed by atoms with Crippen LogP contribution in [-0.4, -0.2) is 54.0 Å². The number of benzene rings is 1.